The SMILES string of the molecule is CC(C)C[C@H](NC(=O)[C@H](N)C(C)C)C(=O)Nc1ccccc1. The lowest BCUT2D eigenvalue weighted by Gasteiger charge is -2.23. The lowest BCUT2D eigenvalue weighted by atomic mass is 10.0. The summed E-state index contributed by atoms with van der Waals surface area (Å²) in [7, 11) is 0. The van der Waals surface area contributed by atoms with E-state index in [2.05, 4.69) is 10.6 Å². The number of anilines is 1. The molecule has 0 aliphatic heterocycles. The quantitative estimate of drug-likeness (QED) is 0.721. The Labute approximate surface area is 132 Å². The van der Waals surface area contributed by atoms with Crippen molar-refractivity contribution < 1.29 is 9.59 Å². The van der Waals surface area contributed by atoms with Crippen molar-refractivity contribution in [2.45, 2.75) is 46.2 Å². The maximum Gasteiger partial charge on any atom is 0.246 e. The second-order valence-corrected chi connectivity index (χ2v) is 6.32. The van der Waals surface area contributed by atoms with Gasteiger partial charge < -0.3 is 16.4 Å². The Morgan fingerprint density at radius 1 is 1.05 bits per heavy atom. The second kappa shape index (κ2) is 8.54. The first-order chi connectivity index (χ1) is 10.3. The summed E-state index contributed by atoms with van der Waals surface area (Å²) in [5, 5.41) is 5.60. The maximum absolute atomic E-state index is 12.4. The van der Waals surface area contributed by atoms with E-state index in [9.17, 15) is 9.59 Å². The van der Waals surface area contributed by atoms with E-state index in [1.165, 1.54) is 0 Å². The number of carbonyl (C=O) groups excluding carboxylic acids is 2. The van der Waals surface area contributed by atoms with E-state index in [0.717, 1.165) is 0 Å². The zero-order valence-electron chi connectivity index (χ0n) is 13.8. The highest BCUT2D eigenvalue weighted by molar-refractivity contribution is 5.97. The Morgan fingerprint density at radius 2 is 1.64 bits per heavy atom. The van der Waals surface area contributed by atoms with E-state index < -0.39 is 12.1 Å². The normalized spacial score (nSPS) is 13.8. The van der Waals surface area contributed by atoms with Gasteiger partial charge in [-0.2, -0.15) is 0 Å². The minimum atomic E-state index is -0.612. The third kappa shape index (κ3) is 5.85. The standard InChI is InChI=1S/C17H27N3O2/c1-11(2)10-14(20-17(22)15(18)12(3)4)16(21)19-13-8-6-5-7-9-13/h5-9,11-12,14-15H,10,18H2,1-4H3,(H,19,21)(H,20,22)/t14-,15+/m0/s1. The molecule has 0 radical (unpaired) electrons. The van der Waals surface area contributed by atoms with Crippen molar-refractivity contribution >= 4 is 17.5 Å². The van der Waals surface area contributed by atoms with Crippen molar-refractivity contribution in [3.63, 3.8) is 0 Å². The monoisotopic (exact) mass is 305 g/mol. The Hall–Kier alpha value is -1.88. The largest absolute Gasteiger partial charge is 0.343 e. The van der Waals surface area contributed by atoms with Crippen molar-refractivity contribution in [2.75, 3.05) is 5.32 Å². The van der Waals surface area contributed by atoms with Crippen LogP contribution in [0.1, 0.15) is 34.1 Å². The zero-order chi connectivity index (χ0) is 16.7. The van der Waals surface area contributed by atoms with E-state index in [1.54, 1.807) is 0 Å². The van der Waals surface area contributed by atoms with Gasteiger partial charge in [-0.15, -0.1) is 0 Å². The van der Waals surface area contributed by atoms with Gasteiger partial charge >= 0.3 is 0 Å². The number of nitrogens with two attached hydrogens (primary N) is 1. The van der Waals surface area contributed by atoms with E-state index >= 15 is 0 Å². The number of benzene rings is 1. The fourth-order valence-electron chi connectivity index (χ4n) is 2.02. The van der Waals surface area contributed by atoms with Crippen LogP contribution in [0.25, 0.3) is 0 Å². The van der Waals surface area contributed by atoms with Gasteiger partial charge in [-0.25, -0.2) is 0 Å². The molecule has 0 aliphatic rings. The Kier molecular flexibility index (Phi) is 7.05. The van der Waals surface area contributed by atoms with Crippen LogP contribution in [0.2, 0.25) is 0 Å². The van der Waals surface area contributed by atoms with Crippen LogP contribution in [0.15, 0.2) is 30.3 Å². The molecule has 0 heterocycles. The van der Waals surface area contributed by atoms with E-state index in [1.807, 2.05) is 58.0 Å². The fraction of sp³-hybridized carbons (Fsp3) is 0.529. The van der Waals surface area contributed by atoms with Gasteiger partial charge in [0.2, 0.25) is 11.8 Å². The number of hydrogen-bond donors (Lipinski definition) is 3. The van der Waals surface area contributed by atoms with E-state index in [-0.39, 0.29) is 23.7 Å². The molecule has 0 bridgehead atoms. The van der Waals surface area contributed by atoms with Crippen molar-refractivity contribution in [1.29, 1.82) is 0 Å². The lowest BCUT2D eigenvalue weighted by Crippen LogP contribution is -2.52. The summed E-state index contributed by atoms with van der Waals surface area (Å²) in [6, 6.07) is 8.00. The molecule has 2 amide bonds. The predicted molar refractivity (Wildman–Crippen MR) is 89.3 cm³/mol. The van der Waals surface area contributed by atoms with E-state index in [4.69, 9.17) is 5.73 Å². The molecule has 1 rings (SSSR count). The van der Waals surface area contributed by atoms with Gasteiger partial charge in [-0.1, -0.05) is 45.9 Å². The lowest BCUT2D eigenvalue weighted by molar-refractivity contribution is -0.128. The molecule has 2 atom stereocenters. The number of rotatable bonds is 7. The van der Waals surface area contributed by atoms with Gasteiger partial charge in [0.15, 0.2) is 0 Å². The zero-order valence-corrected chi connectivity index (χ0v) is 13.8. The second-order valence-electron chi connectivity index (χ2n) is 6.32. The van der Waals surface area contributed by atoms with Crippen LogP contribution < -0.4 is 16.4 Å². The molecule has 1 aromatic rings. The Bertz CT molecular complexity index is 486. The average Bonchev–Trinajstić information content (AvgIpc) is 2.46. The first-order valence-electron chi connectivity index (χ1n) is 7.73. The van der Waals surface area contributed by atoms with Gasteiger partial charge in [0.1, 0.15) is 6.04 Å². The summed E-state index contributed by atoms with van der Waals surface area (Å²) in [6.45, 7) is 7.78. The fourth-order valence-corrected chi connectivity index (χ4v) is 2.02. The van der Waals surface area contributed by atoms with Gasteiger partial charge in [-0.3, -0.25) is 9.59 Å². The van der Waals surface area contributed by atoms with Crippen LogP contribution in [0.4, 0.5) is 5.69 Å². The third-order valence-corrected chi connectivity index (χ3v) is 3.40. The van der Waals surface area contributed by atoms with Crippen molar-refractivity contribution in [1.82, 2.24) is 5.32 Å². The Balaban J connectivity index is 2.75. The minimum absolute atomic E-state index is 0.0249. The number of para-hydroxylation sites is 1. The molecule has 0 spiro atoms. The molecule has 4 N–H and O–H groups in total. The highest BCUT2D eigenvalue weighted by Crippen LogP contribution is 2.11. The Morgan fingerprint density at radius 3 is 2.14 bits per heavy atom. The van der Waals surface area contributed by atoms with Crippen LogP contribution in [-0.2, 0) is 9.59 Å². The van der Waals surface area contributed by atoms with Crippen LogP contribution in [-0.4, -0.2) is 23.9 Å². The molecule has 0 saturated heterocycles. The summed E-state index contributed by atoms with van der Waals surface area (Å²) in [5.74, 6) is -0.202. The van der Waals surface area contributed by atoms with Crippen LogP contribution in [0, 0.1) is 11.8 Å². The number of amides is 2. The van der Waals surface area contributed by atoms with Crippen LogP contribution in [0.3, 0.4) is 0 Å². The first-order valence-corrected chi connectivity index (χ1v) is 7.73. The summed E-state index contributed by atoms with van der Waals surface area (Å²) >= 11 is 0. The number of hydrogen-bond acceptors (Lipinski definition) is 3. The van der Waals surface area contributed by atoms with Gasteiger partial charge in [0.05, 0.1) is 6.04 Å². The molecule has 0 aliphatic carbocycles. The predicted octanol–water partition coefficient (Wildman–Crippen LogP) is 2.14. The molecule has 0 saturated carbocycles. The van der Waals surface area contributed by atoms with Gasteiger partial charge in [0.25, 0.3) is 0 Å². The van der Waals surface area contributed by atoms with Crippen LogP contribution >= 0.6 is 0 Å². The summed E-state index contributed by atoms with van der Waals surface area (Å²) in [4.78, 5) is 24.5. The molecule has 122 valence electrons. The molecular weight excluding hydrogens is 278 g/mol. The molecular formula is C17H27N3O2. The van der Waals surface area contributed by atoms with Crippen LogP contribution in [0.5, 0.6) is 0 Å². The summed E-state index contributed by atoms with van der Waals surface area (Å²) in [6.07, 6.45) is 0.565. The van der Waals surface area contributed by atoms with Gasteiger partial charge in [0, 0.05) is 5.69 Å². The first kappa shape index (κ1) is 18.2. The molecule has 0 fully saturated rings. The minimum Gasteiger partial charge on any atom is -0.343 e. The number of carbonyl (C=O) groups is 2. The van der Waals surface area contributed by atoms with E-state index in [0.29, 0.717) is 12.1 Å². The summed E-state index contributed by atoms with van der Waals surface area (Å²) < 4.78 is 0. The number of nitrogens with one attached hydrogen (secondary N) is 2. The molecule has 0 unspecified atom stereocenters. The average molecular weight is 305 g/mol. The topological polar surface area (TPSA) is 84.2 Å². The van der Waals surface area contributed by atoms with Crippen molar-refractivity contribution in [2.24, 2.45) is 17.6 Å². The third-order valence-electron chi connectivity index (χ3n) is 3.40. The van der Waals surface area contributed by atoms with Crippen molar-refractivity contribution in [3.05, 3.63) is 30.3 Å². The molecule has 5 nitrogen and oxygen atoms in total. The molecule has 5 heteroatoms. The smallest absolute Gasteiger partial charge is 0.246 e. The molecule has 22 heavy (non-hydrogen) atoms. The summed E-state index contributed by atoms with van der Waals surface area (Å²) in [5.41, 5.74) is 6.56. The van der Waals surface area contributed by atoms with Gasteiger partial charge in [-0.05, 0) is 30.4 Å². The highest BCUT2D eigenvalue weighted by atomic mass is 16.2. The maximum atomic E-state index is 12.4. The molecule has 0 aromatic heterocycles. The molecule has 1 aromatic carbocycles. The highest BCUT2D eigenvalue weighted by Gasteiger charge is 2.25. The van der Waals surface area contributed by atoms with Crippen molar-refractivity contribution in [3.8, 4) is 0 Å².